The summed E-state index contributed by atoms with van der Waals surface area (Å²) in [7, 11) is 1.49. The summed E-state index contributed by atoms with van der Waals surface area (Å²) in [4.78, 5) is 11.2. The van der Waals surface area contributed by atoms with Crippen LogP contribution in [0.15, 0.2) is 42.5 Å². The molecule has 0 fully saturated rings. The predicted molar refractivity (Wildman–Crippen MR) is 77.3 cm³/mol. The number of benzene rings is 2. The highest BCUT2D eigenvalue weighted by Gasteiger charge is 2.14. The second-order valence-corrected chi connectivity index (χ2v) is 4.54. The molecule has 0 heterocycles. The summed E-state index contributed by atoms with van der Waals surface area (Å²) in [5.41, 5.74) is 6.53. The number of amides is 1. The van der Waals surface area contributed by atoms with E-state index in [-0.39, 0.29) is 10.6 Å². The van der Waals surface area contributed by atoms with Gasteiger partial charge < -0.3 is 15.2 Å². The maximum Gasteiger partial charge on any atom is 0.248 e. The molecule has 20 heavy (non-hydrogen) atoms. The lowest BCUT2D eigenvalue weighted by Gasteiger charge is -2.13. The van der Waals surface area contributed by atoms with E-state index in [0.29, 0.717) is 18.1 Å². The summed E-state index contributed by atoms with van der Waals surface area (Å²) in [6.07, 6.45) is 0. The molecule has 1 amide bonds. The molecule has 2 N–H and O–H groups in total. The number of carbonyl (C=O) groups is 1. The van der Waals surface area contributed by atoms with Gasteiger partial charge in [0.15, 0.2) is 11.5 Å². The Morgan fingerprint density at radius 3 is 2.55 bits per heavy atom. The van der Waals surface area contributed by atoms with Crippen molar-refractivity contribution in [3.8, 4) is 11.5 Å². The first-order valence-electron chi connectivity index (χ1n) is 5.96. The van der Waals surface area contributed by atoms with Crippen molar-refractivity contribution in [2.45, 2.75) is 6.61 Å². The van der Waals surface area contributed by atoms with E-state index in [9.17, 15) is 4.79 Å². The van der Waals surface area contributed by atoms with E-state index in [1.807, 2.05) is 30.3 Å². The highest BCUT2D eigenvalue weighted by Crippen LogP contribution is 2.36. The quantitative estimate of drug-likeness (QED) is 0.921. The average molecular weight is 292 g/mol. The third kappa shape index (κ3) is 3.22. The van der Waals surface area contributed by atoms with Gasteiger partial charge in [0.2, 0.25) is 5.91 Å². The topological polar surface area (TPSA) is 61.5 Å². The molecule has 0 bridgehead atoms. The molecule has 0 atom stereocenters. The van der Waals surface area contributed by atoms with Gasteiger partial charge in [0.1, 0.15) is 6.61 Å². The first-order valence-corrected chi connectivity index (χ1v) is 6.33. The standard InChI is InChI=1S/C15H14ClNO3/c1-19-14-12(16)7-11(15(17)18)8-13(14)20-9-10-5-3-2-4-6-10/h2-8H,9H2,1H3,(H2,17,18). The van der Waals surface area contributed by atoms with Crippen molar-refractivity contribution in [1.29, 1.82) is 0 Å². The maximum atomic E-state index is 11.2. The van der Waals surface area contributed by atoms with E-state index in [1.54, 1.807) is 0 Å². The molecule has 2 rings (SSSR count). The van der Waals surface area contributed by atoms with Gasteiger partial charge in [-0.15, -0.1) is 0 Å². The molecule has 2 aromatic rings. The van der Waals surface area contributed by atoms with Crippen molar-refractivity contribution in [3.63, 3.8) is 0 Å². The number of hydrogen-bond donors (Lipinski definition) is 1. The number of rotatable bonds is 5. The Bertz CT molecular complexity index is 614. The van der Waals surface area contributed by atoms with E-state index in [0.717, 1.165) is 5.56 Å². The SMILES string of the molecule is COc1c(Cl)cc(C(N)=O)cc1OCc1ccccc1. The van der Waals surface area contributed by atoms with Crippen LogP contribution in [0.25, 0.3) is 0 Å². The van der Waals surface area contributed by atoms with Crippen LogP contribution in [0.5, 0.6) is 11.5 Å². The van der Waals surface area contributed by atoms with Gasteiger partial charge in [0.25, 0.3) is 0 Å². The van der Waals surface area contributed by atoms with E-state index in [2.05, 4.69) is 0 Å². The first kappa shape index (κ1) is 14.2. The molecule has 0 aliphatic carbocycles. The molecular weight excluding hydrogens is 278 g/mol. The van der Waals surface area contributed by atoms with E-state index in [1.165, 1.54) is 19.2 Å². The Balaban J connectivity index is 2.27. The Morgan fingerprint density at radius 2 is 1.95 bits per heavy atom. The van der Waals surface area contributed by atoms with Crippen molar-refractivity contribution in [1.82, 2.24) is 0 Å². The lowest BCUT2D eigenvalue weighted by molar-refractivity contribution is 0.0999. The van der Waals surface area contributed by atoms with E-state index < -0.39 is 5.91 Å². The number of methoxy groups -OCH3 is 1. The lowest BCUT2D eigenvalue weighted by atomic mass is 10.2. The molecule has 5 heteroatoms. The van der Waals surface area contributed by atoms with Crippen LogP contribution in [0.3, 0.4) is 0 Å². The summed E-state index contributed by atoms with van der Waals surface area (Å²) in [5.74, 6) is 0.198. The molecule has 0 spiro atoms. The first-order chi connectivity index (χ1) is 9.61. The van der Waals surface area contributed by atoms with Crippen molar-refractivity contribution in [2.24, 2.45) is 5.73 Å². The average Bonchev–Trinajstić information content (AvgIpc) is 2.45. The number of primary amides is 1. The van der Waals surface area contributed by atoms with Gasteiger partial charge in [0, 0.05) is 5.56 Å². The van der Waals surface area contributed by atoms with E-state index >= 15 is 0 Å². The second kappa shape index (κ2) is 6.30. The largest absolute Gasteiger partial charge is 0.491 e. The number of ether oxygens (including phenoxy) is 2. The lowest BCUT2D eigenvalue weighted by Crippen LogP contribution is -2.11. The van der Waals surface area contributed by atoms with Crippen LogP contribution in [-0.4, -0.2) is 13.0 Å². The van der Waals surface area contributed by atoms with Gasteiger partial charge in [-0.3, -0.25) is 4.79 Å². The van der Waals surface area contributed by atoms with Crippen LogP contribution in [0, 0.1) is 0 Å². The third-order valence-corrected chi connectivity index (χ3v) is 3.02. The maximum absolute atomic E-state index is 11.2. The molecule has 4 nitrogen and oxygen atoms in total. The zero-order valence-corrected chi connectivity index (χ0v) is 11.7. The molecule has 0 saturated carbocycles. The van der Waals surface area contributed by atoms with Crippen molar-refractivity contribution < 1.29 is 14.3 Å². The van der Waals surface area contributed by atoms with Gasteiger partial charge in [0.05, 0.1) is 12.1 Å². The monoisotopic (exact) mass is 291 g/mol. The van der Waals surface area contributed by atoms with Crippen LogP contribution in [0.4, 0.5) is 0 Å². The minimum Gasteiger partial charge on any atom is -0.491 e. The zero-order valence-electron chi connectivity index (χ0n) is 10.9. The molecular formula is C15H14ClNO3. The van der Waals surface area contributed by atoms with Crippen LogP contribution in [-0.2, 0) is 6.61 Å². The van der Waals surface area contributed by atoms with Crippen molar-refractivity contribution in [2.75, 3.05) is 7.11 Å². The molecule has 104 valence electrons. The predicted octanol–water partition coefficient (Wildman–Crippen LogP) is 3.03. The highest BCUT2D eigenvalue weighted by molar-refractivity contribution is 6.32. The minimum absolute atomic E-state index is 0.277. The number of carbonyl (C=O) groups excluding carboxylic acids is 1. The summed E-state index contributed by atoms with van der Waals surface area (Å²) < 4.78 is 10.9. The van der Waals surface area contributed by atoms with Crippen LogP contribution < -0.4 is 15.2 Å². The van der Waals surface area contributed by atoms with Gasteiger partial charge in [-0.25, -0.2) is 0 Å². The normalized spacial score (nSPS) is 10.1. The number of hydrogen-bond acceptors (Lipinski definition) is 3. The number of halogens is 1. The van der Waals surface area contributed by atoms with Gasteiger partial charge in [-0.05, 0) is 17.7 Å². The fourth-order valence-corrected chi connectivity index (χ4v) is 2.04. The summed E-state index contributed by atoms with van der Waals surface area (Å²) in [5, 5.41) is 0.284. The molecule has 0 aliphatic heterocycles. The summed E-state index contributed by atoms with van der Waals surface area (Å²) in [6, 6.07) is 12.6. The van der Waals surface area contributed by atoms with Crippen molar-refractivity contribution >= 4 is 17.5 Å². The van der Waals surface area contributed by atoms with Gasteiger partial charge >= 0.3 is 0 Å². The number of nitrogens with two attached hydrogens (primary N) is 1. The Morgan fingerprint density at radius 1 is 1.25 bits per heavy atom. The van der Waals surface area contributed by atoms with Crippen LogP contribution in [0.1, 0.15) is 15.9 Å². The van der Waals surface area contributed by atoms with Crippen LogP contribution >= 0.6 is 11.6 Å². The molecule has 0 unspecified atom stereocenters. The molecule has 0 aromatic heterocycles. The fraction of sp³-hybridized carbons (Fsp3) is 0.133. The second-order valence-electron chi connectivity index (χ2n) is 4.13. The van der Waals surface area contributed by atoms with Gasteiger partial charge in [-0.2, -0.15) is 0 Å². The summed E-state index contributed by atoms with van der Waals surface area (Å²) in [6.45, 7) is 0.343. The highest BCUT2D eigenvalue weighted by atomic mass is 35.5. The molecule has 2 aromatic carbocycles. The smallest absolute Gasteiger partial charge is 0.248 e. The molecule has 0 radical (unpaired) electrons. The Kier molecular flexibility index (Phi) is 4.48. The summed E-state index contributed by atoms with van der Waals surface area (Å²) >= 11 is 6.05. The molecule has 0 aliphatic rings. The minimum atomic E-state index is -0.570. The third-order valence-electron chi connectivity index (χ3n) is 2.74. The Labute approximate surface area is 122 Å². The van der Waals surface area contributed by atoms with Gasteiger partial charge in [-0.1, -0.05) is 41.9 Å². The van der Waals surface area contributed by atoms with E-state index in [4.69, 9.17) is 26.8 Å². The molecule has 0 saturated heterocycles. The zero-order chi connectivity index (χ0) is 14.5. The van der Waals surface area contributed by atoms with Crippen molar-refractivity contribution in [3.05, 3.63) is 58.6 Å². The fourth-order valence-electron chi connectivity index (χ4n) is 1.75. The Hall–Kier alpha value is -2.20. The van der Waals surface area contributed by atoms with Crippen LogP contribution in [0.2, 0.25) is 5.02 Å².